The average Bonchev–Trinajstić information content (AvgIpc) is 2.72. The lowest BCUT2D eigenvalue weighted by Crippen LogP contribution is -2.45. The highest BCUT2D eigenvalue weighted by atomic mass is 16.2. The highest BCUT2D eigenvalue weighted by molar-refractivity contribution is 6.01. The lowest BCUT2D eigenvalue weighted by molar-refractivity contribution is -0.120. The van der Waals surface area contributed by atoms with Crippen molar-refractivity contribution < 1.29 is 9.59 Å². The van der Waals surface area contributed by atoms with Gasteiger partial charge < -0.3 is 15.5 Å². The molecular weight excluding hydrogens is 352 g/mol. The van der Waals surface area contributed by atoms with Crippen LogP contribution < -0.4 is 15.5 Å². The van der Waals surface area contributed by atoms with Crippen LogP contribution in [0, 0.1) is 12.8 Å². The van der Waals surface area contributed by atoms with Crippen LogP contribution in [0.5, 0.6) is 0 Å². The predicted octanol–water partition coefficient (Wildman–Crippen LogP) is 3.56. The van der Waals surface area contributed by atoms with Crippen LogP contribution in [0.15, 0.2) is 48.6 Å². The number of amides is 2. The Kier molecular flexibility index (Phi) is 4.86. The normalized spacial score (nSPS) is 21.1. The van der Waals surface area contributed by atoms with Crippen molar-refractivity contribution >= 4 is 23.3 Å². The highest BCUT2D eigenvalue weighted by Gasteiger charge is 2.30. The second-order valence-corrected chi connectivity index (χ2v) is 7.40. The summed E-state index contributed by atoms with van der Waals surface area (Å²) in [7, 11) is 1.92. The van der Waals surface area contributed by atoms with E-state index in [-0.39, 0.29) is 23.9 Å². The van der Waals surface area contributed by atoms with Gasteiger partial charge >= 0.3 is 0 Å². The number of nitrogens with zero attached hydrogens (tertiary/aromatic N) is 2. The first kappa shape index (κ1) is 18.2. The predicted molar refractivity (Wildman–Crippen MR) is 109 cm³/mol. The van der Waals surface area contributed by atoms with Gasteiger partial charge in [-0.05, 0) is 56.0 Å². The van der Waals surface area contributed by atoms with Gasteiger partial charge in [-0.25, -0.2) is 4.98 Å². The van der Waals surface area contributed by atoms with Crippen molar-refractivity contribution in [2.45, 2.75) is 32.4 Å². The summed E-state index contributed by atoms with van der Waals surface area (Å²) in [6, 6.07) is 11.3. The summed E-state index contributed by atoms with van der Waals surface area (Å²) in [4.78, 5) is 31.4. The Labute approximate surface area is 164 Å². The van der Waals surface area contributed by atoms with Crippen molar-refractivity contribution in [3.8, 4) is 0 Å². The lowest BCUT2D eigenvalue weighted by atomic mass is 9.93. The molecule has 0 spiro atoms. The third-order valence-electron chi connectivity index (χ3n) is 5.38. The number of aryl methyl sites for hydroxylation is 1. The molecule has 2 atom stereocenters. The maximum atomic E-state index is 12.5. The van der Waals surface area contributed by atoms with Crippen LogP contribution in [0.4, 0.5) is 11.5 Å². The number of anilines is 2. The molecule has 6 heteroatoms. The average molecular weight is 376 g/mol. The zero-order valence-corrected chi connectivity index (χ0v) is 16.1. The molecule has 0 saturated heterocycles. The molecule has 6 nitrogen and oxygen atoms in total. The van der Waals surface area contributed by atoms with Crippen LogP contribution in [-0.4, -0.2) is 23.8 Å². The first-order valence-electron chi connectivity index (χ1n) is 9.60. The van der Waals surface area contributed by atoms with Crippen LogP contribution in [0.3, 0.4) is 0 Å². The molecule has 0 bridgehead atoms. The third kappa shape index (κ3) is 3.50. The number of benzene rings is 1. The fourth-order valence-electron chi connectivity index (χ4n) is 3.74. The maximum absolute atomic E-state index is 12.5. The van der Waals surface area contributed by atoms with Gasteiger partial charge in [0, 0.05) is 24.3 Å². The van der Waals surface area contributed by atoms with Crippen LogP contribution in [0.25, 0.3) is 0 Å². The van der Waals surface area contributed by atoms with E-state index in [0.29, 0.717) is 11.4 Å². The molecule has 1 aromatic heterocycles. The van der Waals surface area contributed by atoms with Crippen molar-refractivity contribution in [3.05, 3.63) is 65.4 Å². The summed E-state index contributed by atoms with van der Waals surface area (Å²) in [6.45, 7) is 1.91. The van der Waals surface area contributed by atoms with Gasteiger partial charge in [0.2, 0.25) is 5.91 Å². The molecule has 144 valence electrons. The number of nitrogens with one attached hydrogen (secondary N) is 2. The SMILES string of the molecule is Cc1ccc2c(n1)N(C)[C@@H](c1ccc(NC(=O)[C@H]3CC=CCC3)cc1)NC2=O. The summed E-state index contributed by atoms with van der Waals surface area (Å²) < 4.78 is 0. The number of fused-ring (bicyclic) bond motifs is 1. The molecule has 2 amide bonds. The number of rotatable bonds is 3. The molecule has 1 aromatic carbocycles. The molecule has 1 aliphatic heterocycles. The molecule has 4 rings (SSSR count). The second kappa shape index (κ2) is 7.46. The van der Waals surface area contributed by atoms with Gasteiger partial charge in [-0.1, -0.05) is 24.3 Å². The number of allylic oxidation sites excluding steroid dienone is 2. The van der Waals surface area contributed by atoms with E-state index in [1.54, 1.807) is 6.07 Å². The van der Waals surface area contributed by atoms with Crippen molar-refractivity contribution in [1.29, 1.82) is 0 Å². The Morgan fingerprint density at radius 2 is 1.96 bits per heavy atom. The van der Waals surface area contributed by atoms with Gasteiger partial charge in [0.15, 0.2) is 0 Å². The summed E-state index contributed by atoms with van der Waals surface area (Å²) in [5, 5.41) is 6.02. The zero-order chi connectivity index (χ0) is 19.7. The molecule has 28 heavy (non-hydrogen) atoms. The maximum Gasteiger partial charge on any atom is 0.256 e. The zero-order valence-electron chi connectivity index (χ0n) is 16.1. The Morgan fingerprint density at radius 1 is 1.18 bits per heavy atom. The smallest absolute Gasteiger partial charge is 0.256 e. The number of carbonyl (C=O) groups is 2. The fraction of sp³-hybridized carbons (Fsp3) is 0.318. The molecule has 1 aliphatic carbocycles. The summed E-state index contributed by atoms with van der Waals surface area (Å²) in [5.41, 5.74) is 3.15. The quantitative estimate of drug-likeness (QED) is 0.803. The fourth-order valence-corrected chi connectivity index (χ4v) is 3.74. The Morgan fingerprint density at radius 3 is 2.68 bits per heavy atom. The highest BCUT2D eigenvalue weighted by Crippen LogP contribution is 2.31. The van der Waals surface area contributed by atoms with Crippen LogP contribution in [0.1, 0.15) is 47.0 Å². The number of hydrogen-bond donors (Lipinski definition) is 2. The Hall–Kier alpha value is -3.15. The molecule has 0 saturated carbocycles. The van der Waals surface area contributed by atoms with Crippen LogP contribution in [-0.2, 0) is 4.79 Å². The molecule has 0 radical (unpaired) electrons. The molecule has 2 N–H and O–H groups in total. The number of carbonyl (C=O) groups excluding carboxylic acids is 2. The van der Waals surface area contributed by atoms with Crippen molar-refractivity contribution in [2.75, 3.05) is 17.3 Å². The Balaban J connectivity index is 1.50. The summed E-state index contributed by atoms with van der Waals surface area (Å²) >= 11 is 0. The summed E-state index contributed by atoms with van der Waals surface area (Å²) in [5.74, 6) is 0.651. The third-order valence-corrected chi connectivity index (χ3v) is 5.38. The van der Waals surface area contributed by atoms with E-state index in [1.807, 2.05) is 49.2 Å². The lowest BCUT2D eigenvalue weighted by Gasteiger charge is -2.35. The van der Waals surface area contributed by atoms with E-state index < -0.39 is 0 Å². The van der Waals surface area contributed by atoms with E-state index in [4.69, 9.17) is 0 Å². The van der Waals surface area contributed by atoms with Gasteiger partial charge in [0.05, 0.1) is 5.56 Å². The van der Waals surface area contributed by atoms with E-state index in [2.05, 4.69) is 27.8 Å². The van der Waals surface area contributed by atoms with E-state index >= 15 is 0 Å². The standard InChI is InChI=1S/C22H24N4O2/c1-14-8-13-18-20(23-14)26(2)19(25-22(18)28)15-9-11-17(12-10-15)24-21(27)16-6-4-3-5-7-16/h3-4,8-13,16,19H,5-7H2,1-2H3,(H,24,27)(H,25,28)/t16-,19-/m0/s1. The van der Waals surface area contributed by atoms with E-state index in [9.17, 15) is 9.59 Å². The number of hydrogen-bond acceptors (Lipinski definition) is 4. The first-order chi connectivity index (χ1) is 13.5. The van der Waals surface area contributed by atoms with Gasteiger partial charge in [-0.3, -0.25) is 9.59 Å². The molecule has 2 aromatic rings. The topological polar surface area (TPSA) is 74.3 Å². The van der Waals surface area contributed by atoms with Crippen molar-refractivity contribution in [2.24, 2.45) is 5.92 Å². The molecule has 0 fully saturated rings. The largest absolute Gasteiger partial charge is 0.335 e. The first-order valence-corrected chi connectivity index (χ1v) is 9.60. The van der Waals surface area contributed by atoms with Gasteiger partial charge in [0.1, 0.15) is 12.0 Å². The van der Waals surface area contributed by atoms with Crippen LogP contribution >= 0.6 is 0 Å². The van der Waals surface area contributed by atoms with E-state index in [1.165, 1.54) is 0 Å². The van der Waals surface area contributed by atoms with E-state index in [0.717, 1.165) is 36.2 Å². The minimum Gasteiger partial charge on any atom is -0.335 e. The Bertz CT molecular complexity index is 936. The van der Waals surface area contributed by atoms with Gasteiger partial charge in [-0.2, -0.15) is 0 Å². The number of pyridine rings is 1. The van der Waals surface area contributed by atoms with Crippen molar-refractivity contribution in [3.63, 3.8) is 0 Å². The minimum atomic E-state index is -0.303. The van der Waals surface area contributed by atoms with Crippen LogP contribution in [0.2, 0.25) is 0 Å². The molecule has 0 unspecified atom stereocenters. The monoisotopic (exact) mass is 376 g/mol. The molecule has 2 aliphatic rings. The molecular formula is C22H24N4O2. The second-order valence-electron chi connectivity index (χ2n) is 7.40. The van der Waals surface area contributed by atoms with Gasteiger partial charge in [0.25, 0.3) is 5.91 Å². The number of aromatic nitrogens is 1. The minimum absolute atomic E-state index is 0.0410. The van der Waals surface area contributed by atoms with Crippen molar-refractivity contribution in [1.82, 2.24) is 10.3 Å². The van der Waals surface area contributed by atoms with Gasteiger partial charge in [-0.15, -0.1) is 0 Å². The molecule has 2 heterocycles. The summed E-state index contributed by atoms with van der Waals surface area (Å²) in [6.07, 6.45) is 6.55.